The molecule has 21 heavy (non-hydrogen) atoms. The monoisotopic (exact) mass is 293 g/mol. The second kappa shape index (κ2) is 7.26. The highest BCUT2D eigenvalue weighted by atomic mass is 16.6. The summed E-state index contributed by atoms with van der Waals surface area (Å²) in [6.45, 7) is 7.25. The lowest BCUT2D eigenvalue weighted by molar-refractivity contribution is -0.384. The second-order valence-corrected chi connectivity index (χ2v) is 5.15. The number of nitro benzene ring substituents is 1. The van der Waals surface area contributed by atoms with Gasteiger partial charge in [-0.05, 0) is 45.0 Å². The van der Waals surface area contributed by atoms with Crippen LogP contribution in [0.1, 0.15) is 26.7 Å². The van der Waals surface area contributed by atoms with Crippen molar-refractivity contribution in [3.05, 3.63) is 28.3 Å². The maximum Gasteiger partial charge on any atom is 0.333 e. The lowest BCUT2D eigenvalue weighted by Gasteiger charge is -2.23. The van der Waals surface area contributed by atoms with E-state index in [1.807, 2.05) is 6.92 Å². The molecule has 0 aromatic heterocycles. The molecule has 0 spiro atoms. The molecule has 1 fully saturated rings. The van der Waals surface area contributed by atoms with E-state index in [2.05, 4.69) is 17.1 Å². The van der Waals surface area contributed by atoms with E-state index in [1.165, 1.54) is 6.42 Å². The van der Waals surface area contributed by atoms with Gasteiger partial charge in [0.1, 0.15) is 5.69 Å². The fourth-order valence-electron chi connectivity index (χ4n) is 2.90. The molecule has 1 atom stereocenters. The first-order chi connectivity index (χ1) is 10.2. The smallest absolute Gasteiger partial charge is 0.333 e. The molecular formula is C15H23N3O3. The fourth-order valence-corrected chi connectivity index (χ4v) is 2.90. The summed E-state index contributed by atoms with van der Waals surface area (Å²) in [4.78, 5) is 13.3. The number of nitrogens with one attached hydrogen (secondary N) is 1. The highest BCUT2D eigenvalue weighted by Gasteiger charge is 2.25. The summed E-state index contributed by atoms with van der Waals surface area (Å²) >= 11 is 0. The van der Waals surface area contributed by atoms with E-state index >= 15 is 0 Å². The Balaban J connectivity index is 2.12. The zero-order valence-electron chi connectivity index (χ0n) is 12.7. The number of benzene rings is 1. The van der Waals surface area contributed by atoms with E-state index in [-0.39, 0.29) is 10.6 Å². The van der Waals surface area contributed by atoms with Gasteiger partial charge in [0.25, 0.3) is 0 Å². The first-order valence-electron chi connectivity index (χ1n) is 7.55. The number of hydrogen-bond acceptors (Lipinski definition) is 5. The van der Waals surface area contributed by atoms with Crippen LogP contribution in [-0.4, -0.2) is 42.1 Å². The Morgan fingerprint density at radius 3 is 2.95 bits per heavy atom. The van der Waals surface area contributed by atoms with Gasteiger partial charge in [-0.25, -0.2) is 0 Å². The Bertz CT molecular complexity index is 493. The number of para-hydroxylation sites is 1. The van der Waals surface area contributed by atoms with Gasteiger partial charge in [0, 0.05) is 12.6 Å². The van der Waals surface area contributed by atoms with Gasteiger partial charge >= 0.3 is 5.69 Å². The van der Waals surface area contributed by atoms with Crippen LogP contribution in [0.3, 0.4) is 0 Å². The maximum absolute atomic E-state index is 11.3. The Hall–Kier alpha value is -1.82. The average molecular weight is 293 g/mol. The summed E-state index contributed by atoms with van der Waals surface area (Å²) in [7, 11) is 0. The molecule has 2 rings (SSSR count). The molecule has 1 aliphatic rings. The van der Waals surface area contributed by atoms with Gasteiger partial charge in [0.2, 0.25) is 0 Å². The molecule has 0 radical (unpaired) electrons. The molecule has 6 heteroatoms. The summed E-state index contributed by atoms with van der Waals surface area (Å²) in [5, 5.41) is 14.5. The van der Waals surface area contributed by atoms with Crippen LogP contribution in [0.4, 0.5) is 11.4 Å². The molecule has 0 saturated carbocycles. The van der Waals surface area contributed by atoms with Crippen LogP contribution in [0.15, 0.2) is 18.2 Å². The van der Waals surface area contributed by atoms with Gasteiger partial charge in [-0.15, -0.1) is 0 Å². The molecular weight excluding hydrogens is 270 g/mol. The van der Waals surface area contributed by atoms with Crippen LogP contribution < -0.4 is 10.1 Å². The zero-order chi connectivity index (χ0) is 15.2. The standard InChI is InChI=1S/C15H23N3O3/c1-3-17-10-6-7-12(17)11-16-13-8-5-9-14(21-4-2)15(13)18(19)20/h5,8-9,12,16H,3-4,6-7,10-11H2,1-2H3. The molecule has 1 aromatic rings. The zero-order valence-corrected chi connectivity index (χ0v) is 12.7. The van der Waals surface area contributed by atoms with Crippen LogP contribution >= 0.6 is 0 Å². The maximum atomic E-state index is 11.3. The molecule has 6 nitrogen and oxygen atoms in total. The van der Waals surface area contributed by atoms with Crippen molar-refractivity contribution in [2.45, 2.75) is 32.7 Å². The molecule has 1 N–H and O–H groups in total. The number of ether oxygens (including phenoxy) is 1. The highest BCUT2D eigenvalue weighted by molar-refractivity contribution is 5.68. The topological polar surface area (TPSA) is 67.6 Å². The molecule has 116 valence electrons. The number of anilines is 1. The number of likely N-dealkylation sites (tertiary alicyclic amines) is 1. The minimum absolute atomic E-state index is 0.0281. The van der Waals surface area contributed by atoms with Crippen molar-refractivity contribution in [3.63, 3.8) is 0 Å². The van der Waals surface area contributed by atoms with Crippen molar-refractivity contribution < 1.29 is 9.66 Å². The van der Waals surface area contributed by atoms with Crippen molar-refractivity contribution in [1.82, 2.24) is 4.90 Å². The van der Waals surface area contributed by atoms with Crippen LogP contribution in [0.25, 0.3) is 0 Å². The van der Waals surface area contributed by atoms with E-state index in [4.69, 9.17) is 4.74 Å². The van der Waals surface area contributed by atoms with Crippen molar-refractivity contribution in [2.75, 3.05) is 31.6 Å². The molecule has 1 heterocycles. The summed E-state index contributed by atoms with van der Waals surface area (Å²) in [6.07, 6.45) is 2.33. The fraction of sp³-hybridized carbons (Fsp3) is 0.600. The van der Waals surface area contributed by atoms with Gasteiger partial charge < -0.3 is 10.1 Å². The number of hydrogen-bond donors (Lipinski definition) is 1. The van der Waals surface area contributed by atoms with Gasteiger partial charge in [-0.1, -0.05) is 13.0 Å². The van der Waals surface area contributed by atoms with Gasteiger partial charge in [0.05, 0.1) is 11.5 Å². The van der Waals surface area contributed by atoms with E-state index < -0.39 is 0 Å². The normalized spacial score (nSPS) is 18.7. The molecule has 0 amide bonds. The van der Waals surface area contributed by atoms with Gasteiger partial charge in [-0.3, -0.25) is 15.0 Å². The quantitative estimate of drug-likeness (QED) is 0.618. The lowest BCUT2D eigenvalue weighted by atomic mass is 10.2. The summed E-state index contributed by atoms with van der Waals surface area (Å²) in [5.41, 5.74) is 0.564. The first kappa shape index (κ1) is 15.6. The van der Waals surface area contributed by atoms with Crippen molar-refractivity contribution >= 4 is 11.4 Å². The summed E-state index contributed by atoms with van der Waals surface area (Å²) in [5.74, 6) is 0.325. The van der Waals surface area contributed by atoms with Crippen LogP contribution in [0.2, 0.25) is 0 Å². The molecule has 1 saturated heterocycles. The minimum atomic E-state index is -0.375. The molecule has 1 unspecified atom stereocenters. The van der Waals surface area contributed by atoms with Crippen molar-refractivity contribution in [3.8, 4) is 5.75 Å². The Labute approximate surface area is 125 Å². The van der Waals surface area contributed by atoms with E-state index in [9.17, 15) is 10.1 Å². The SMILES string of the molecule is CCOc1cccc(NCC2CCCN2CC)c1[N+](=O)[O-]. The van der Waals surface area contributed by atoms with Crippen LogP contribution in [0.5, 0.6) is 5.75 Å². The predicted molar refractivity (Wildman–Crippen MR) is 83.0 cm³/mol. The largest absolute Gasteiger partial charge is 0.487 e. The number of likely N-dealkylation sites (N-methyl/N-ethyl adjacent to an activating group) is 1. The average Bonchev–Trinajstić information content (AvgIpc) is 2.92. The molecule has 1 aliphatic heterocycles. The third kappa shape index (κ3) is 3.64. The lowest BCUT2D eigenvalue weighted by Crippen LogP contribution is -2.34. The van der Waals surface area contributed by atoms with Gasteiger partial charge in [-0.2, -0.15) is 0 Å². The van der Waals surface area contributed by atoms with Crippen molar-refractivity contribution in [1.29, 1.82) is 0 Å². The Morgan fingerprint density at radius 2 is 2.29 bits per heavy atom. The third-order valence-electron chi connectivity index (χ3n) is 3.91. The second-order valence-electron chi connectivity index (χ2n) is 5.15. The van der Waals surface area contributed by atoms with Crippen molar-refractivity contribution in [2.24, 2.45) is 0 Å². The Morgan fingerprint density at radius 1 is 1.48 bits per heavy atom. The predicted octanol–water partition coefficient (Wildman–Crippen LogP) is 2.89. The summed E-state index contributed by atoms with van der Waals surface area (Å²) < 4.78 is 5.36. The summed E-state index contributed by atoms with van der Waals surface area (Å²) in [6, 6.07) is 5.62. The number of rotatable bonds is 7. The Kier molecular flexibility index (Phi) is 5.38. The first-order valence-corrected chi connectivity index (χ1v) is 7.55. The minimum Gasteiger partial charge on any atom is -0.487 e. The van der Waals surface area contributed by atoms with E-state index in [0.29, 0.717) is 24.1 Å². The third-order valence-corrected chi connectivity index (χ3v) is 3.91. The molecule has 0 bridgehead atoms. The van der Waals surface area contributed by atoms with E-state index in [1.54, 1.807) is 18.2 Å². The van der Waals surface area contributed by atoms with E-state index in [0.717, 1.165) is 26.1 Å². The highest BCUT2D eigenvalue weighted by Crippen LogP contribution is 2.35. The van der Waals surface area contributed by atoms with Gasteiger partial charge in [0.15, 0.2) is 5.75 Å². The number of nitrogens with zero attached hydrogens (tertiary/aromatic N) is 2. The number of nitro groups is 1. The molecule has 1 aromatic carbocycles. The van der Waals surface area contributed by atoms with Crippen LogP contribution in [0, 0.1) is 10.1 Å². The molecule has 0 aliphatic carbocycles. The van der Waals surface area contributed by atoms with Crippen LogP contribution in [-0.2, 0) is 0 Å².